The monoisotopic (exact) mass is 450 g/mol. The number of Topliss-reactive ketones (excluding diaryl/α,β-unsaturated/α-hetero) is 1. The maximum atomic E-state index is 13.1. The first-order valence-corrected chi connectivity index (χ1v) is 12.1. The molecule has 0 aromatic heterocycles. The SMILES string of the molecule is CCC(C)c1ccccc1NC(=O)C(C)N1CCC(C(=O)c2ccc3c(c2)OCCO3)CC1. The zero-order valence-electron chi connectivity index (χ0n) is 19.8. The maximum Gasteiger partial charge on any atom is 0.241 e. The Balaban J connectivity index is 1.34. The second-order valence-electron chi connectivity index (χ2n) is 9.09. The van der Waals surface area contributed by atoms with Gasteiger partial charge in [-0.25, -0.2) is 0 Å². The standard InChI is InChI=1S/C27H34N2O4/c1-4-18(2)22-7-5-6-8-23(22)28-27(31)19(3)29-13-11-20(12-14-29)26(30)21-9-10-24-25(17-21)33-16-15-32-24/h5-10,17-20H,4,11-16H2,1-3H3,(H,28,31). The van der Waals surface area contributed by atoms with Gasteiger partial charge in [-0.2, -0.15) is 0 Å². The van der Waals surface area contributed by atoms with Crippen LogP contribution in [0, 0.1) is 5.92 Å². The van der Waals surface area contributed by atoms with Gasteiger partial charge < -0.3 is 14.8 Å². The van der Waals surface area contributed by atoms with Crippen molar-refractivity contribution < 1.29 is 19.1 Å². The van der Waals surface area contributed by atoms with Gasteiger partial charge in [0, 0.05) is 17.2 Å². The largest absolute Gasteiger partial charge is 0.486 e. The van der Waals surface area contributed by atoms with Crippen LogP contribution < -0.4 is 14.8 Å². The van der Waals surface area contributed by atoms with Crippen LogP contribution in [0.15, 0.2) is 42.5 Å². The number of piperidine rings is 1. The molecule has 0 radical (unpaired) electrons. The minimum Gasteiger partial charge on any atom is -0.486 e. The van der Waals surface area contributed by atoms with Crippen molar-refractivity contribution in [3.8, 4) is 11.5 Å². The zero-order chi connectivity index (χ0) is 23.4. The Hall–Kier alpha value is -2.86. The Bertz CT molecular complexity index is 997. The van der Waals surface area contributed by atoms with Crippen molar-refractivity contribution in [2.45, 2.75) is 52.0 Å². The van der Waals surface area contributed by atoms with Gasteiger partial charge >= 0.3 is 0 Å². The molecule has 6 nitrogen and oxygen atoms in total. The first-order valence-electron chi connectivity index (χ1n) is 12.1. The number of para-hydroxylation sites is 1. The van der Waals surface area contributed by atoms with Gasteiger partial charge in [-0.1, -0.05) is 32.0 Å². The highest BCUT2D eigenvalue weighted by molar-refractivity contribution is 5.98. The highest BCUT2D eigenvalue weighted by Crippen LogP contribution is 2.33. The minimum atomic E-state index is -0.250. The number of hydrogen-bond acceptors (Lipinski definition) is 5. The first-order chi connectivity index (χ1) is 16.0. The predicted molar refractivity (Wildman–Crippen MR) is 129 cm³/mol. The molecule has 2 aromatic carbocycles. The number of nitrogens with zero attached hydrogens (tertiary/aromatic N) is 1. The van der Waals surface area contributed by atoms with E-state index in [-0.39, 0.29) is 23.7 Å². The lowest BCUT2D eigenvalue weighted by Gasteiger charge is -2.35. The Labute approximate surface area is 196 Å². The molecule has 1 amide bonds. The van der Waals surface area contributed by atoms with E-state index in [2.05, 4.69) is 30.1 Å². The molecule has 2 aliphatic rings. The van der Waals surface area contributed by atoms with E-state index in [1.54, 1.807) is 6.07 Å². The van der Waals surface area contributed by atoms with Gasteiger partial charge in [0.15, 0.2) is 17.3 Å². The summed E-state index contributed by atoms with van der Waals surface area (Å²) in [6.07, 6.45) is 2.51. The Kier molecular flexibility index (Phi) is 7.33. The predicted octanol–water partition coefficient (Wildman–Crippen LogP) is 4.89. The van der Waals surface area contributed by atoms with Gasteiger partial charge in [0.25, 0.3) is 0 Å². The Morgan fingerprint density at radius 3 is 2.45 bits per heavy atom. The molecule has 176 valence electrons. The number of ether oxygens (including phenoxy) is 2. The first kappa shape index (κ1) is 23.3. The Morgan fingerprint density at radius 2 is 1.73 bits per heavy atom. The number of carbonyl (C=O) groups excluding carboxylic acids is 2. The van der Waals surface area contributed by atoms with E-state index in [1.165, 1.54) is 5.56 Å². The summed E-state index contributed by atoms with van der Waals surface area (Å²) in [5.41, 5.74) is 2.74. The molecule has 1 fully saturated rings. The molecule has 0 aliphatic carbocycles. The third kappa shape index (κ3) is 5.22. The van der Waals surface area contributed by atoms with Gasteiger partial charge in [0.1, 0.15) is 13.2 Å². The van der Waals surface area contributed by atoms with Crippen molar-refractivity contribution in [1.29, 1.82) is 0 Å². The molecular formula is C27H34N2O4. The smallest absolute Gasteiger partial charge is 0.241 e. The van der Waals surface area contributed by atoms with Crippen LogP contribution in [-0.4, -0.2) is 48.9 Å². The lowest BCUT2D eigenvalue weighted by atomic mass is 9.88. The summed E-state index contributed by atoms with van der Waals surface area (Å²) < 4.78 is 11.2. The number of nitrogens with one attached hydrogen (secondary N) is 1. The maximum absolute atomic E-state index is 13.1. The fourth-order valence-electron chi connectivity index (χ4n) is 4.64. The van der Waals surface area contributed by atoms with Crippen molar-refractivity contribution in [3.63, 3.8) is 0 Å². The second kappa shape index (κ2) is 10.4. The number of ketones is 1. The van der Waals surface area contributed by atoms with Crippen LogP contribution in [-0.2, 0) is 4.79 Å². The number of rotatable bonds is 7. The number of amides is 1. The number of likely N-dealkylation sites (tertiary alicyclic amines) is 1. The number of carbonyl (C=O) groups is 2. The average Bonchev–Trinajstić information content (AvgIpc) is 2.87. The lowest BCUT2D eigenvalue weighted by Crippen LogP contribution is -2.47. The molecule has 2 aromatic rings. The van der Waals surface area contributed by atoms with Gasteiger partial charge in [0.05, 0.1) is 6.04 Å². The number of fused-ring (bicyclic) bond motifs is 1. The molecule has 2 heterocycles. The highest BCUT2D eigenvalue weighted by Gasteiger charge is 2.31. The molecule has 1 N–H and O–H groups in total. The van der Waals surface area contributed by atoms with Gasteiger partial charge in [-0.05, 0) is 75.0 Å². The number of anilines is 1. The van der Waals surface area contributed by atoms with E-state index in [0.29, 0.717) is 36.2 Å². The van der Waals surface area contributed by atoms with E-state index in [9.17, 15) is 9.59 Å². The summed E-state index contributed by atoms with van der Waals surface area (Å²) in [5, 5.41) is 3.14. The quantitative estimate of drug-likeness (QED) is 0.608. The van der Waals surface area contributed by atoms with E-state index in [4.69, 9.17) is 9.47 Å². The molecule has 2 aliphatic heterocycles. The summed E-state index contributed by atoms with van der Waals surface area (Å²) in [7, 11) is 0. The molecule has 33 heavy (non-hydrogen) atoms. The summed E-state index contributed by atoms with van der Waals surface area (Å²) >= 11 is 0. The topological polar surface area (TPSA) is 67.9 Å². The van der Waals surface area contributed by atoms with E-state index < -0.39 is 0 Å². The van der Waals surface area contributed by atoms with Crippen molar-refractivity contribution >= 4 is 17.4 Å². The minimum absolute atomic E-state index is 0.00219. The average molecular weight is 451 g/mol. The molecule has 6 heteroatoms. The van der Waals surface area contributed by atoms with E-state index in [0.717, 1.165) is 38.0 Å². The van der Waals surface area contributed by atoms with Crippen LogP contribution in [0.25, 0.3) is 0 Å². The van der Waals surface area contributed by atoms with Crippen LogP contribution in [0.3, 0.4) is 0 Å². The fourth-order valence-corrected chi connectivity index (χ4v) is 4.64. The fraction of sp³-hybridized carbons (Fsp3) is 0.481. The summed E-state index contributed by atoms with van der Waals surface area (Å²) in [6, 6.07) is 13.2. The molecule has 0 spiro atoms. The van der Waals surface area contributed by atoms with Crippen molar-refractivity contribution in [2.24, 2.45) is 5.92 Å². The third-order valence-corrected chi connectivity index (χ3v) is 7.02. The summed E-state index contributed by atoms with van der Waals surface area (Å²) in [5.74, 6) is 1.84. The Morgan fingerprint density at radius 1 is 1.03 bits per heavy atom. The molecule has 1 saturated heterocycles. The highest BCUT2D eigenvalue weighted by atomic mass is 16.6. The van der Waals surface area contributed by atoms with E-state index >= 15 is 0 Å². The van der Waals surface area contributed by atoms with Crippen LogP contribution >= 0.6 is 0 Å². The summed E-state index contributed by atoms with van der Waals surface area (Å²) in [4.78, 5) is 28.3. The zero-order valence-corrected chi connectivity index (χ0v) is 19.8. The number of benzene rings is 2. The van der Waals surface area contributed by atoms with Crippen LogP contribution in [0.2, 0.25) is 0 Å². The molecular weight excluding hydrogens is 416 g/mol. The van der Waals surface area contributed by atoms with Crippen LogP contribution in [0.1, 0.15) is 61.9 Å². The van der Waals surface area contributed by atoms with Crippen molar-refractivity contribution in [2.75, 3.05) is 31.6 Å². The van der Waals surface area contributed by atoms with Gasteiger partial charge in [-0.3, -0.25) is 14.5 Å². The normalized spacial score (nSPS) is 18.4. The molecule has 4 rings (SSSR count). The van der Waals surface area contributed by atoms with Gasteiger partial charge in [0.2, 0.25) is 5.91 Å². The summed E-state index contributed by atoms with van der Waals surface area (Å²) in [6.45, 7) is 8.77. The van der Waals surface area contributed by atoms with Gasteiger partial charge in [-0.15, -0.1) is 0 Å². The lowest BCUT2D eigenvalue weighted by molar-refractivity contribution is -0.121. The van der Waals surface area contributed by atoms with Crippen LogP contribution in [0.4, 0.5) is 5.69 Å². The van der Waals surface area contributed by atoms with Crippen molar-refractivity contribution in [1.82, 2.24) is 4.90 Å². The van der Waals surface area contributed by atoms with Crippen molar-refractivity contribution in [3.05, 3.63) is 53.6 Å². The number of hydrogen-bond donors (Lipinski definition) is 1. The second-order valence-corrected chi connectivity index (χ2v) is 9.09. The van der Waals surface area contributed by atoms with E-state index in [1.807, 2.05) is 37.3 Å². The molecule has 2 atom stereocenters. The molecule has 0 bridgehead atoms. The van der Waals surface area contributed by atoms with Crippen LogP contribution in [0.5, 0.6) is 11.5 Å². The molecule has 2 unspecified atom stereocenters. The third-order valence-electron chi connectivity index (χ3n) is 7.02. The molecule has 0 saturated carbocycles.